The first-order chi connectivity index (χ1) is 18.2. The van der Waals surface area contributed by atoms with E-state index in [1.54, 1.807) is 50.2 Å². The van der Waals surface area contributed by atoms with Crippen LogP contribution in [0.4, 0.5) is 14.6 Å². The van der Waals surface area contributed by atoms with Gasteiger partial charge in [0, 0.05) is 43.7 Å². The molecule has 9 nitrogen and oxygen atoms in total. The quantitative estimate of drug-likeness (QED) is 0.363. The molecular weight excluding hydrogens is 492 g/mol. The Kier molecular flexibility index (Phi) is 5.27. The van der Waals surface area contributed by atoms with Crippen molar-refractivity contribution in [3.8, 4) is 17.6 Å². The van der Waals surface area contributed by atoms with E-state index >= 15 is 4.39 Å². The van der Waals surface area contributed by atoms with E-state index in [4.69, 9.17) is 10.5 Å². The summed E-state index contributed by atoms with van der Waals surface area (Å²) in [7, 11) is 4.97. The molecule has 0 aliphatic carbocycles. The minimum absolute atomic E-state index is 0.0517. The second-order valence-electron chi connectivity index (χ2n) is 9.12. The predicted molar refractivity (Wildman–Crippen MR) is 136 cm³/mol. The first-order valence-electron chi connectivity index (χ1n) is 11.7. The number of aromatic nitrogens is 5. The van der Waals surface area contributed by atoms with Crippen molar-refractivity contribution < 1.29 is 18.3 Å². The average molecular weight is 514 g/mol. The molecule has 0 saturated carbocycles. The molecule has 1 unspecified atom stereocenters. The Balaban J connectivity index is 1.31. The molecule has 2 aromatic carbocycles. The van der Waals surface area contributed by atoms with E-state index in [1.165, 1.54) is 27.9 Å². The van der Waals surface area contributed by atoms with Crippen molar-refractivity contribution in [3.05, 3.63) is 76.7 Å². The number of nitrogens with zero attached hydrogens (tertiary/aromatic N) is 6. The van der Waals surface area contributed by atoms with Gasteiger partial charge >= 0.3 is 0 Å². The third kappa shape index (κ3) is 3.69. The van der Waals surface area contributed by atoms with Gasteiger partial charge in [0.15, 0.2) is 11.5 Å². The SMILES string of the molecule is CN(C(=O)c1cc2c(cc1F)nc(N)c1cnn(C)c12)C1COc2cc(C#Cc3nn(C)cc3F)ccc21. The summed E-state index contributed by atoms with van der Waals surface area (Å²) in [6, 6.07) is 7.56. The van der Waals surface area contributed by atoms with E-state index in [2.05, 4.69) is 27.0 Å². The number of rotatable bonds is 2. The first-order valence-corrected chi connectivity index (χ1v) is 11.7. The molecule has 3 aromatic heterocycles. The Bertz CT molecular complexity index is 1850. The number of anilines is 1. The summed E-state index contributed by atoms with van der Waals surface area (Å²) >= 11 is 0. The zero-order chi connectivity index (χ0) is 26.7. The first kappa shape index (κ1) is 23.4. The second kappa shape index (κ2) is 8.55. The van der Waals surface area contributed by atoms with Gasteiger partial charge in [0.25, 0.3) is 5.91 Å². The van der Waals surface area contributed by atoms with Crippen molar-refractivity contribution in [2.75, 3.05) is 19.4 Å². The normalized spacial score (nSPS) is 14.3. The van der Waals surface area contributed by atoms with Crippen LogP contribution in [-0.4, -0.2) is 49.0 Å². The molecule has 4 heterocycles. The number of halogens is 2. The molecule has 0 fully saturated rings. The molecule has 2 N–H and O–H groups in total. The summed E-state index contributed by atoms with van der Waals surface area (Å²) in [6.45, 7) is 0.197. The standard InChI is InChI=1S/C27H21F2N7O2/c1-34-12-20(29)21(33-34)7-5-14-4-6-15-23(13-38-24(15)8-14)35(2)27(37)16-9-17-22(10-19(16)28)32-26(30)18-11-31-36(3)25(17)18/h4,6,8-12,23H,13H2,1-3H3,(H2,30,32). The van der Waals surface area contributed by atoms with E-state index < -0.39 is 23.6 Å². The fourth-order valence-corrected chi connectivity index (χ4v) is 4.74. The van der Waals surface area contributed by atoms with Gasteiger partial charge in [-0.05, 0) is 24.1 Å². The lowest BCUT2D eigenvalue weighted by Crippen LogP contribution is -2.32. The van der Waals surface area contributed by atoms with Crippen LogP contribution in [0.5, 0.6) is 5.75 Å². The summed E-state index contributed by atoms with van der Waals surface area (Å²) < 4.78 is 37.8. The Labute approximate surface area is 215 Å². The zero-order valence-electron chi connectivity index (χ0n) is 20.7. The van der Waals surface area contributed by atoms with Gasteiger partial charge in [-0.3, -0.25) is 14.2 Å². The van der Waals surface area contributed by atoms with Crippen molar-refractivity contribution in [1.82, 2.24) is 29.4 Å². The molecule has 0 spiro atoms. The van der Waals surface area contributed by atoms with E-state index in [1.807, 2.05) is 0 Å². The lowest BCUT2D eigenvalue weighted by molar-refractivity contribution is 0.0704. The van der Waals surface area contributed by atoms with Gasteiger partial charge in [-0.25, -0.2) is 13.8 Å². The summed E-state index contributed by atoms with van der Waals surface area (Å²) in [6.07, 6.45) is 2.84. The third-order valence-corrected chi connectivity index (χ3v) is 6.69. The number of hydrogen-bond acceptors (Lipinski definition) is 6. The molecule has 38 heavy (non-hydrogen) atoms. The lowest BCUT2D eigenvalue weighted by Gasteiger charge is -2.24. The number of carbonyl (C=O) groups is 1. The van der Waals surface area contributed by atoms with Gasteiger partial charge in [0.2, 0.25) is 0 Å². The number of carbonyl (C=O) groups excluding carboxylic acids is 1. The fraction of sp³-hybridized carbons (Fsp3) is 0.185. The van der Waals surface area contributed by atoms with Crippen LogP contribution in [-0.2, 0) is 14.1 Å². The number of likely N-dealkylation sites (N-methyl/N-ethyl adjacent to an activating group) is 1. The van der Waals surface area contributed by atoms with Crippen LogP contribution in [0, 0.1) is 23.5 Å². The Morgan fingerprint density at radius 1 is 1.16 bits per heavy atom. The minimum atomic E-state index is -0.700. The van der Waals surface area contributed by atoms with Gasteiger partial charge in [0.05, 0.1) is 40.4 Å². The van der Waals surface area contributed by atoms with Crippen LogP contribution in [0.1, 0.15) is 33.2 Å². The highest BCUT2D eigenvalue weighted by Crippen LogP contribution is 2.37. The maximum Gasteiger partial charge on any atom is 0.257 e. The lowest BCUT2D eigenvalue weighted by atomic mass is 10.0. The van der Waals surface area contributed by atoms with Crippen molar-refractivity contribution in [1.29, 1.82) is 0 Å². The Hall–Kier alpha value is -4.98. The third-order valence-electron chi connectivity index (χ3n) is 6.69. The number of hydrogen-bond donors (Lipinski definition) is 1. The number of nitrogen functional groups attached to an aromatic ring is 1. The molecule has 1 atom stereocenters. The maximum absolute atomic E-state index is 15.1. The molecule has 11 heteroatoms. The van der Waals surface area contributed by atoms with E-state index in [9.17, 15) is 9.18 Å². The molecule has 0 bridgehead atoms. The molecule has 1 aliphatic heterocycles. The van der Waals surface area contributed by atoms with Gasteiger partial charge in [-0.1, -0.05) is 12.0 Å². The van der Waals surface area contributed by atoms with Crippen LogP contribution in [0.2, 0.25) is 0 Å². The van der Waals surface area contributed by atoms with Gasteiger partial charge in [-0.15, -0.1) is 0 Å². The number of fused-ring (bicyclic) bond motifs is 4. The summed E-state index contributed by atoms with van der Waals surface area (Å²) in [5.74, 6) is 4.69. The number of nitrogens with two attached hydrogens (primary N) is 1. The maximum atomic E-state index is 15.1. The van der Waals surface area contributed by atoms with Crippen LogP contribution in [0.3, 0.4) is 0 Å². The topological polar surface area (TPSA) is 104 Å². The van der Waals surface area contributed by atoms with Crippen LogP contribution in [0.25, 0.3) is 21.8 Å². The molecule has 190 valence electrons. The van der Waals surface area contributed by atoms with Gasteiger partial charge in [0.1, 0.15) is 24.0 Å². The van der Waals surface area contributed by atoms with Crippen molar-refractivity contribution >= 4 is 33.5 Å². The largest absolute Gasteiger partial charge is 0.491 e. The van der Waals surface area contributed by atoms with Crippen molar-refractivity contribution in [2.24, 2.45) is 14.1 Å². The highest BCUT2D eigenvalue weighted by Gasteiger charge is 2.32. The van der Waals surface area contributed by atoms with Crippen molar-refractivity contribution in [3.63, 3.8) is 0 Å². The zero-order valence-corrected chi connectivity index (χ0v) is 20.7. The fourth-order valence-electron chi connectivity index (χ4n) is 4.74. The number of aryl methyl sites for hydroxylation is 2. The second-order valence-corrected chi connectivity index (χ2v) is 9.12. The molecule has 0 saturated heterocycles. The van der Waals surface area contributed by atoms with Crippen LogP contribution >= 0.6 is 0 Å². The van der Waals surface area contributed by atoms with E-state index in [-0.39, 0.29) is 23.7 Å². The number of benzene rings is 2. The number of pyridine rings is 1. The van der Waals surface area contributed by atoms with E-state index in [0.717, 1.165) is 5.56 Å². The molecule has 5 aromatic rings. The van der Waals surface area contributed by atoms with Crippen LogP contribution < -0.4 is 10.5 Å². The molecular formula is C27H21F2N7O2. The number of amides is 1. The summed E-state index contributed by atoms with van der Waals surface area (Å²) in [4.78, 5) is 19.2. The Morgan fingerprint density at radius 2 is 1.97 bits per heavy atom. The average Bonchev–Trinajstić information content (AvgIpc) is 3.58. The van der Waals surface area contributed by atoms with Crippen LogP contribution in [0.15, 0.2) is 42.7 Å². The van der Waals surface area contributed by atoms with Gasteiger partial charge < -0.3 is 15.4 Å². The highest BCUT2D eigenvalue weighted by atomic mass is 19.1. The Morgan fingerprint density at radius 3 is 2.74 bits per heavy atom. The number of ether oxygens (including phenoxy) is 1. The minimum Gasteiger partial charge on any atom is -0.491 e. The smallest absolute Gasteiger partial charge is 0.257 e. The van der Waals surface area contributed by atoms with E-state index in [0.29, 0.717) is 33.1 Å². The highest BCUT2D eigenvalue weighted by molar-refractivity contribution is 6.10. The molecule has 6 rings (SSSR count). The summed E-state index contributed by atoms with van der Waals surface area (Å²) in [5, 5.41) is 9.40. The van der Waals surface area contributed by atoms with Crippen molar-refractivity contribution in [2.45, 2.75) is 6.04 Å². The van der Waals surface area contributed by atoms with Gasteiger partial charge in [-0.2, -0.15) is 10.2 Å². The molecule has 0 radical (unpaired) electrons. The summed E-state index contributed by atoms with van der Waals surface area (Å²) in [5.41, 5.74) is 8.35. The molecule has 1 amide bonds. The predicted octanol–water partition coefficient (Wildman–Crippen LogP) is 3.32. The molecule has 1 aliphatic rings. The monoisotopic (exact) mass is 513 g/mol.